The van der Waals surface area contributed by atoms with E-state index >= 15 is 0 Å². The second-order valence-electron chi connectivity index (χ2n) is 3.67. The number of hydrogen-bond acceptors (Lipinski definition) is 2. The number of aryl methyl sites for hydroxylation is 1. The average molecular weight is 194 g/mol. The Hall–Kier alpha value is -0.630. The number of carbonyl (C=O) groups is 1. The molecule has 2 heteroatoms. The SMILES string of the molecule is O=C1CCCC1CCc1cccs1. The lowest BCUT2D eigenvalue weighted by Crippen LogP contribution is -2.06. The molecule has 0 bridgehead atoms. The van der Waals surface area contributed by atoms with Crippen molar-refractivity contribution in [3.05, 3.63) is 22.4 Å². The lowest BCUT2D eigenvalue weighted by Gasteiger charge is -2.05. The Balaban J connectivity index is 1.82. The van der Waals surface area contributed by atoms with Crippen molar-refractivity contribution >= 4 is 17.1 Å². The molecule has 70 valence electrons. The van der Waals surface area contributed by atoms with Crippen LogP contribution in [0.3, 0.4) is 0 Å². The molecule has 1 atom stereocenters. The van der Waals surface area contributed by atoms with Crippen LogP contribution in [0.15, 0.2) is 17.5 Å². The first-order valence-electron chi connectivity index (χ1n) is 4.91. The van der Waals surface area contributed by atoms with Crippen LogP contribution in [-0.4, -0.2) is 5.78 Å². The number of carbonyl (C=O) groups excluding carboxylic acids is 1. The van der Waals surface area contributed by atoms with Gasteiger partial charge in [0.25, 0.3) is 0 Å². The summed E-state index contributed by atoms with van der Waals surface area (Å²) in [7, 11) is 0. The molecule has 1 aliphatic carbocycles. The van der Waals surface area contributed by atoms with Gasteiger partial charge in [-0.2, -0.15) is 0 Å². The molecular weight excluding hydrogens is 180 g/mol. The first-order valence-corrected chi connectivity index (χ1v) is 5.79. The molecule has 0 N–H and O–H groups in total. The smallest absolute Gasteiger partial charge is 0.135 e. The van der Waals surface area contributed by atoms with E-state index in [4.69, 9.17) is 0 Å². The van der Waals surface area contributed by atoms with E-state index < -0.39 is 0 Å². The van der Waals surface area contributed by atoms with Gasteiger partial charge in [0.1, 0.15) is 5.78 Å². The highest BCUT2D eigenvalue weighted by Gasteiger charge is 2.23. The summed E-state index contributed by atoms with van der Waals surface area (Å²) in [6.07, 6.45) is 5.24. The molecule has 13 heavy (non-hydrogen) atoms. The summed E-state index contributed by atoms with van der Waals surface area (Å²) in [6.45, 7) is 0. The van der Waals surface area contributed by atoms with E-state index in [0.717, 1.165) is 32.1 Å². The number of rotatable bonds is 3. The Kier molecular flexibility index (Phi) is 2.79. The zero-order valence-electron chi connectivity index (χ0n) is 7.66. The summed E-state index contributed by atoms with van der Waals surface area (Å²) in [5, 5.41) is 2.10. The summed E-state index contributed by atoms with van der Waals surface area (Å²) in [4.78, 5) is 12.8. The van der Waals surface area contributed by atoms with Gasteiger partial charge >= 0.3 is 0 Å². The predicted octanol–water partition coefficient (Wildman–Crippen LogP) is 3.05. The Bertz CT molecular complexity index is 276. The fourth-order valence-electron chi connectivity index (χ4n) is 1.96. The minimum absolute atomic E-state index is 0.377. The number of Topliss-reactive ketones (excluding diaryl/α,β-unsaturated/α-hetero) is 1. The van der Waals surface area contributed by atoms with E-state index in [1.165, 1.54) is 4.88 Å². The highest BCUT2D eigenvalue weighted by Crippen LogP contribution is 2.26. The molecule has 0 aliphatic heterocycles. The van der Waals surface area contributed by atoms with Crippen LogP contribution < -0.4 is 0 Å². The molecule has 1 nitrogen and oxygen atoms in total. The van der Waals surface area contributed by atoms with Crippen molar-refractivity contribution in [2.45, 2.75) is 32.1 Å². The number of thiophene rings is 1. The Morgan fingerprint density at radius 1 is 1.54 bits per heavy atom. The molecule has 1 aliphatic rings. The average Bonchev–Trinajstić information content (AvgIpc) is 2.72. The van der Waals surface area contributed by atoms with Gasteiger partial charge in [-0.15, -0.1) is 11.3 Å². The molecule has 1 fully saturated rings. The van der Waals surface area contributed by atoms with E-state index in [0.29, 0.717) is 11.7 Å². The maximum Gasteiger partial charge on any atom is 0.135 e. The maximum absolute atomic E-state index is 11.3. The molecule has 2 rings (SSSR count). The molecule has 1 aromatic heterocycles. The highest BCUT2D eigenvalue weighted by molar-refractivity contribution is 7.09. The Morgan fingerprint density at radius 3 is 3.08 bits per heavy atom. The first-order chi connectivity index (χ1) is 6.36. The van der Waals surface area contributed by atoms with Gasteiger partial charge in [0.2, 0.25) is 0 Å². The van der Waals surface area contributed by atoms with Crippen LogP contribution in [0.2, 0.25) is 0 Å². The van der Waals surface area contributed by atoms with E-state index in [1.807, 2.05) is 0 Å². The van der Waals surface area contributed by atoms with Crippen molar-refractivity contribution in [1.29, 1.82) is 0 Å². The Labute approximate surface area is 82.8 Å². The molecule has 1 unspecified atom stereocenters. The van der Waals surface area contributed by atoms with Gasteiger partial charge in [0.15, 0.2) is 0 Å². The van der Waals surface area contributed by atoms with E-state index in [2.05, 4.69) is 17.5 Å². The van der Waals surface area contributed by atoms with E-state index in [1.54, 1.807) is 11.3 Å². The molecule has 0 radical (unpaired) electrons. The number of hydrogen-bond donors (Lipinski definition) is 0. The minimum Gasteiger partial charge on any atom is -0.299 e. The van der Waals surface area contributed by atoms with Gasteiger partial charge in [-0.1, -0.05) is 6.07 Å². The summed E-state index contributed by atoms with van der Waals surface area (Å²) in [6, 6.07) is 4.24. The third kappa shape index (κ3) is 2.19. The molecule has 0 aromatic carbocycles. The largest absolute Gasteiger partial charge is 0.299 e. The lowest BCUT2D eigenvalue weighted by molar-refractivity contribution is -0.120. The molecule has 1 aromatic rings. The molecule has 0 spiro atoms. The van der Waals surface area contributed by atoms with Crippen LogP contribution in [0.25, 0.3) is 0 Å². The molecular formula is C11H14OS. The van der Waals surface area contributed by atoms with Gasteiger partial charge in [-0.05, 0) is 37.1 Å². The lowest BCUT2D eigenvalue weighted by atomic mass is 10.0. The summed E-state index contributed by atoms with van der Waals surface area (Å²) in [5.41, 5.74) is 0. The fourth-order valence-corrected chi connectivity index (χ4v) is 2.69. The third-order valence-corrected chi connectivity index (χ3v) is 3.69. The van der Waals surface area contributed by atoms with Crippen molar-refractivity contribution < 1.29 is 4.79 Å². The monoisotopic (exact) mass is 194 g/mol. The van der Waals surface area contributed by atoms with E-state index in [-0.39, 0.29) is 0 Å². The van der Waals surface area contributed by atoms with Crippen LogP contribution in [0.5, 0.6) is 0 Å². The van der Waals surface area contributed by atoms with Crippen LogP contribution in [0, 0.1) is 5.92 Å². The number of ketones is 1. The molecule has 1 heterocycles. The van der Waals surface area contributed by atoms with E-state index in [9.17, 15) is 4.79 Å². The zero-order valence-corrected chi connectivity index (χ0v) is 8.48. The van der Waals surface area contributed by atoms with Gasteiger partial charge < -0.3 is 0 Å². The third-order valence-electron chi connectivity index (χ3n) is 2.75. The first kappa shape index (κ1) is 8.95. The standard InChI is InChI=1S/C11H14OS/c12-11-5-1-3-9(11)6-7-10-4-2-8-13-10/h2,4,8-9H,1,3,5-7H2. The van der Waals surface area contributed by atoms with Crippen molar-refractivity contribution in [2.75, 3.05) is 0 Å². The molecule has 1 saturated carbocycles. The summed E-state index contributed by atoms with van der Waals surface area (Å²) < 4.78 is 0. The van der Waals surface area contributed by atoms with Crippen LogP contribution >= 0.6 is 11.3 Å². The van der Waals surface area contributed by atoms with Gasteiger partial charge in [0, 0.05) is 17.2 Å². The normalized spacial score (nSPS) is 22.5. The maximum atomic E-state index is 11.3. The van der Waals surface area contributed by atoms with Crippen molar-refractivity contribution in [3.8, 4) is 0 Å². The zero-order chi connectivity index (χ0) is 9.10. The molecule has 0 saturated heterocycles. The van der Waals surface area contributed by atoms with Crippen LogP contribution in [0.4, 0.5) is 0 Å². The second-order valence-corrected chi connectivity index (χ2v) is 4.71. The van der Waals surface area contributed by atoms with Crippen LogP contribution in [-0.2, 0) is 11.2 Å². The topological polar surface area (TPSA) is 17.1 Å². The van der Waals surface area contributed by atoms with Crippen molar-refractivity contribution in [2.24, 2.45) is 5.92 Å². The van der Waals surface area contributed by atoms with Gasteiger partial charge in [-0.3, -0.25) is 4.79 Å². The van der Waals surface area contributed by atoms with Crippen molar-refractivity contribution in [3.63, 3.8) is 0 Å². The fraction of sp³-hybridized carbons (Fsp3) is 0.545. The van der Waals surface area contributed by atoms with Gasteiger partial charge in [-0.25, -0.2) is 0 Å². The van der Waals surface area contributed by atoms with Gasteiger partial charge in [0.05, 0.1) is 0 Å². The van der Waals surface area contributed by atoms with Crippen molar-refractivity contribution in [1.82, 2.24) is 0 Å². The molecule has 0 amide bonds. The minimum atomic E-state index is 0.377. The van der Waals surface area contributed by atoms with Crippen LogP contribution in [0.1, 0.15) is 30.6 Å². The predicted molar refractivity (Wildman–Crippen MR) is 55.0 cm³/mol. The summed E-state index contributed by atoms with van der Waals surface area (Å²) >= 11 is 1.80. The summed E-state index contributed by atoms with van der Waals surface area (Å²) in [5.74, 6) is 0.874. The Morgan fingerprint density at radius 2 is 2.46 bits per heavy atom. The quantitative estimate of drug-likeness (QED) is 0.722. The highest BCUT2D eigenvalue weighted by atomic mass is 32.1. The second kappa shape index (κ2) is 4.05.